The maximum Gasteiger partial charge on any atom is 0.271 e. The van der Waals surface area contributed by atoms with Gasteiger partial charge in [0, 0.05) is 18.3 Å². The summed E-state index contributed by atoms with van der Waals surface area (Å²) in [5.74, 6) is 2.02. The summed E-state index contributed by atoms with van der Waals surface area (Å²) in [6.45, 7) is 4.51. The van der Waals surface area contributed by atoms with Crippen molar-refractivity contribution < 1.29 is 24.1 Å². The van der Waals surface area contributed by atoms with Crippen LogP contribution in [0.4, 0.5) is 5.82 Å². The molecule has 11 nitrogen and oxygen atoms in total. The van der Waals surface area contributed by atoms with Crippen LogP contribution in [0.25, 0.3) is 0 Å². The van der Waals surface area contributed by atoms with Crippen molar-refractivity contribution in [2.45, 2.75) is 70.6 Å². The quantitative estimate of drug-likeness (QED) is 0.420. The number of ether oxygens (including phenoxy) is 3. The number of fused-ring (bicyclic) bond motifs is 1. The minimum Gasteiger partial charge on any atom is -0.486 e. The number of hydrogen-bond acceptors (Lipinski definition) is 8. The molecule has 2 aliphatic rings. The van der Waals surface area contributed by atoms with Crippen LogP contribution in [0.3, 0.4) is 0 Å². The number of nitrogens with one attached hydrogen (secondary N) is 1. The molecule has 2 aromatic heterocycles. The lowest BCUT2D eigenvalue weighted by atomic mass is 9.84. The Bertz CT molecular complexity index is 1350. The third kappa shape index (κ3) is 6.78. The summed E-state index contributed by atoms with van der Waals surface area (Å²) in [5, 5.41) is 21.6. The van der Waals surface area contributed by atoms with Crippen LogP contribution in [0.2, 0.25) is 0 Å². The normalized spacial score (nSPS) is 16.5. The Labute approximate surface area is 226 Å². The molecule has 1 aliphatic heterocycles. The van der Waals surface area contributed by atoms with E-state index in [2.05, 4.69) is 15.5 Å². The summed E-state index contributed by atoms with van der Waals surface area (Å²) in [4.78, 5) is 26.8. The number of carbonyl (C=O) groups is 1. The molecule has 5 rings (SSSR count). The van der Waals surface area contributed by atoms with Crippen molar-refractivity contribution >= 4 is 11.7 Å². The van der Waals surface area contributed by atoms with Gasteiger partial charge in [0.2, 0.25) is 5.75 Å². The maximum atomic E-state index is 13.5. The standard InChI is InChI=1S/C28H35N5O6/c1-28(2,36)18-32-12-11-24(31-32)30-27(35)21(15-19-7-4-3-5-8-19)33-25(34)16-20(17-29-33)39-23-10-6-9-22-26(23)38-14-13-37-22/h6,9-12,16-17,19,21,36H,3-5,7-8,13-15,18H2,1-2H3,(H,30,31,35). The van der Waals surface area contributed by atoms with E-state index in [1.165, 1.54) is 23.4 Å². The van der Waals surface area contributed by atoms with Crippen LogP contribution in [0.5, 0.6) is 23.0 Å². The Kier molecular flexibility index (Phi) is 7.87. The largest absolute Gasteiger partial charge is 0.486 e. The van der Waals surface area contributed by atoms with Gasteiger partial charge in [0.25, 0.3) is 11.5 Å². The molecule has 0 bridgehead atoms. The number of hydrogen-bond donors (Lipinski definition) is 2. The smallest absolute Gasteiger partial charge is 0.271 e. The third-order valence-electron chi connectivity index (χ3n) is 6.88. The van der Waals surface area contributed by atoms with E-state index in [9.17, 15) is 14.7 Å². The topological polar surface area (TPSA) is 130 Å². The fourth-order valence-electron chi connectivity index (χ4n) is 5.12. The first-order chi connectivity index (χ1) is 18.7. The highest BCUT2D eigenvalue weighted by atomic mass is 16.6. The van der Waals surface area contributed by atoms with E-state index < -0.39 is 17.2 Å². The number of benzene rings is 1. The molecule has 1 unspecified atom stereocenters. The van der Waals surface area contributed by atoms with E-state index in [0.717, 1.165) is 25.7 Å². The summed E-state index contributed by atoms with van der Waals surface area (Å²) in [6, 6.07) is 7.49. The second-order valence-corrected chi connectivity index (χ2v) is 10.8. The summed E-state index contributed by atoms with van der Waals surface area (Å²) in [6.07, 6.45) is 9.07. The Balaban J connectivity index is 1.36. The van der Waals surface area contributed by atoms with Gasteiger partial charge in [0.05, 0.1) is 18.3 Å². The van der Waals surface area contributed by atoms with Gasteiger partial charge in [0.15, 0.2) is 23.1 Å². The Morgan fingerprint density at radius 1 is 1.21 bits per heavy atom. The molecule has 1 fully saturated rings. The number of carbonyl (C=O) groups excluding carboxylic acids is 1. The Hall–Kier alpha value is -3.86. The van der Waals surface area contributed by atoms with Crippen LogP contribution >= 0.6 is 0 Å². The van der Waals surface area contributed by atoms with Crippen LogP contribution in [-0.4, -0.2) is 49.4 Å². The number of aromatic nitrogens is 4. The Morgan fingerprint density at radius 3 is 2.77 bits per heavy atom. The van der Waals surface area contributed by atoms with Crippen molar-refractivity contribution in [3.8, 4) is 23.0 Å². The summed E-state index contributed by atoms with van der Waals surface area (Å²) < 4.78 is 20.0. The van der Waals surface area contributed by atoms with Crippen molar-refractivity contribution in [2.24, 2.45) is 5.92 Å². The zero-order chi connectivity index (χ0) is 27.4. The third-order valence-corrected chi connectivity index (χ3v) is 6.88. The highest BCUT2D eigenvalue weighted by Crippen LogP contribution is 2.40. The van der Waals surface area contributed by atoms with Crippen LogP contribution in [0.1, 0.15) is 58.4 Å². The van der Waals surface area contributed by atoms with Crippen molar-refractivity contribution in [1.82, 2.24) is 19.6 Å². The second kappa shape index (κ2) is 11.5. The molecule has 11 heteroatoms. The van der Waals surface area contributed by atoms with Crippen molar-refractivity contribution in [1.29, 1.82) is 0 Å². The minimum atomic E-state index is -0.948. The van der Waals surface area contributed by atoms with Crippen molar-refractivity contribution in [2.75, 3.05) is 18.5 Å². The molecule has 0 spiro atoms. The molecule has 39 heavy (non-hydrogen) atoms. The van der Waals surface area contributed by atoms with Crippen molar-refractivity contribution in [3.63, 3.8) is 0 Å². The molecule has 0 radical (unpaired) electrons. The van der Waals surface area contributed by atoms with Gasteiger partial charge in [-0.1, -0.05) is 38.2 Å². The van der Waals surface area contributed by atoms with Gasteiger partial charge in [-0.3, -0.25) is 14.3 Å². The summed E-state index contributed by atoms with van der Waals surface area (Å²) in [7, 11) is 0. The zero-order valence-corrected chi connectivity index (χ0v) is 22.3. The first-order valence-electron chi connectivity index (χ1n) is 13.5. The van der Waals surface area contributed by atoms with Crippen LogP contribution < -0.4 is 25.1 Å². The maximum absolute atomic E-state index is 13.5. The molecule has 1 aromatic carbocycles. The summed E-state index contributed by atoms with van der Waals surface area (Å²) in [5.41, 5.74) is -1.39. The van der Waals surface area contributed by atoms with Gasteiger partial charge in [-0.05, 0) is 38.3 Å². The first kappa shape index (κ1) is 26.7. The number of para-hydroxylation sites is 1. The average molecular weight is 538 g/mol. The van der Waals surface area contributed by atoms with Crippen molar-refractivity contribution in [3.05, 3.63) is 53.1 Å². The number of rotatable bonds is 9. The molecule has 3 heterocycles. The van der Waals surface area contributed by atoms with Gasteiger partial charge >= 0.3 is 0 Å². The van der Waals surface area contributed by atoms with E-state index in [1.807, 2.05) is 0 Å². The molecule has 1 amide bonds. The zero-order valence-electron chi connectivity index (χ0n) is 22.3. The molecule has 0 saturated heterocycles. The van der Waals surface area contributed by atoms with E-state index in [1.54, 1.807) is 49.0 Å². The van der Waals surface area contributed by atoms with Gasteiger partial charge in [0.1, 0.15) is 19.3 Å². The summed E-state index contributed by atoms with van der Waals surface area (Å²) >= 11 is 0. The predicted molar refractivity (Wildman–Crippen MR) is 143 cm³/mol. The van der Waals surface area contributed by atoms with Crippen LogP contribution in [0, 0.1) is 5.92 Å². The SMILES string of the molecule is CC(C)(O)Cn1ccc(NC(=O)C(CC2CCCCC2)n2ncc(Oc3cccc4c3OCCO4)cc2=O)n1. The molecule has 208 valence electrons. The second-order valence-electron chi connectivity index (χ2n) is 10.8. The highest BCUT2D eigenvalue weighted by Gasteiger charge is 2.29. The first-order valence-corrected chi connectivity index (χ1v) is 13.5. The molecule has 3 aromatic rings. The molecule has 1 saturated carbocycles. The van der Waals surface area contributed by atoms with Crippen LogP contribution in [-0.2, 0) is 11.3 Å². The fourth-order valence-corrected chi connectivity index (χ4v) is 5.12. The van der Waals surface area contributed by atoms with Gasteiger partial charge < -0.3 is 24.6 Å². The van der Waals surface area contributed by atoms with Gasteiger partial charge in [-0.2, -0.15) is 10.2 Å². The highest BCUT2D eigenvalue weighted by molar-refractivity contribution is 5.92. The molecule has 1 atom stereocenters. The number of amides is 1. The van der Waals surface area contributed by atoms with E-state index in [0.29, 0.717) is 48.6 Å². The lowest BCUT2D eigenvalue weighted by molar-refractivity contribution is -0.120. The van der Waals surface area contributed by atoms with E-state index in [-0.39, 0.29) is 18.2 Å². The van der Waals surface area contributed by atoms with Gasteiger partial charge in [-0.15, -0.1) is 0 Å². The van der Waals surface area contributed by atoms with Crippen LogP contribution in [0.15, 0.2) is 47.5 Å². The minimum absolute atomic E-state index is 0.237. The lowest BCUT2D eigenvalue weighted by Crippen LogP contribution is -2.36. The molecular formula is C28H35N5O6. The Morgan fingerprint density at radius 2 is 2.00 bits per heavy atom. The number of aliphatic hydroxyl groups is 1. The predicted octanol–water partition coefficient (Wildman–Crippen LogP) is 3.92. The number of anilines is 1. The van der Waals surface area contributed by atoms with E-state index >= 15 is 0 Å². The van der Waals surface area contributed by atoms with E-state index in [4.69, 9.17) is 14.2 Å². The number of nitrogens with zero attached hydrogens (tertiary/aromatic N) is 4. The average Bonchev–Trinajstić information content (AvgIpc) is 3.33. The van der Waals surface area contributed by atoms with Gasteiger partial charge in [-0.25, -0.2) is 4.68 Å². The molecular weight excluding hydrogens is 502 g/mol. The fraction of sp³-hybridized carbons (Fsp3) is 0.500. The lowest BCUT2D eigenvalue weighted by Gasteiger charge is -2.26. The molecule has 1 aliphatic carbocycles. The monoisotopic (exact) mass is 537 g/mol. The molecule has 2 N–H and O–H groups in total.